The number of aryl methyl sites for hydroxylation is 1. The van der Waals surface area contributed by atoms with Gasteiger partial charge in [0.25, 0.3) is 0 Å². The second-order valence-corrected chi connectivity index (χ2v) is 10.9. The molecule has 1 aliphatic rings. The largest absolute Gasteiger partial charge is 0.332 e. The summed E-state index contributed by atoms with van der Waals surface area (Å²) in [6.45, 7) is 2.86. The molecule has 0 spiro atoms. The van der Waals surface area contributed by atoms with Crippen molar-refractivity contribution < 1.29 is 14.0 Å². The predicted molar refractivity (Wildman–Crippen MR) is 149 cm³/mol. The van der Waals surface area contributed by atoms with E-state index in [2.05, 4.69) is 0 Å². The van der Waals surface area contributed by atoms with Crippen molar-refractivity contribution in [3.05, 3.63) is 129 Å². The molecule has 1 heterocycles. The zero-order chi connectivity index (χ0) is 26.5. The SMILES string of the molecule is Cc1ccsc1CN(Cc1ccc(F)cc1)C(=O)CN(C(=O)C(c1ccccc1)c1ccccc1)C1CC1. The fraction of sp³-hybridized carbons (Fsp3) is 0.250. The molecule has 38 heavy (non-hydrogen) atoms. The van der Waals surface area contributed by atoms with Crippen LogP contribution in [0.15, 0.2) is 96.4 Å². The molecule has 0 bridgehead atoms. The van der Waals surface area contributed by atoms with Crippen molar-refractivity contribution in [1.29, 1.82) is 0 Å². The summed E-state index contributed by atoms with van der Waals surface area (Å²) < 4.78 is 13.5. The maximum Gasteiger partial charge on any atom is 0.242 e. The number of hydrogen-bond donors (Lipinski definition) is 0. The number of carbonyl (C=O) groups excluding carboxylic acids is 2. The van der Waals surface area contributed by atoms with Crippen molar-refractivity contribution >= 4 is 23.2 Å². The van der Waals surface area contributed by atoms with Crippen molar-refractivity contribution in [3.8, 4) is 0 Å². The number of carbonyl (C=O) groups is 2. The number of benzene rings is 3. The molecule has 2 amide bonds. The fourth-order valence-corrected chi connectivity index (χ4v) is 5.66. The van der Waals surface area contributed by atoms with E-state index in [4.69, 9.17) is 0 Å². The Kier molecular flexibility index (Phi) is 7.99. The second kappa shape index (κ2) is 11.7. The highest BCUT2D eigenvalue weighted by Gasteiger charge is 2.38. The summed E-state index contributed by atoms with van der Waals surface area (Å²) >= 11 is 1.62. The molecule has 1 saturated carbocycles. The molecule has 1 aliphatic carbocycles. The third-order valence-electron chi connectivity index (χ3n) is 7.03. The maximum atomic E-state index is 14.2. The van der Waals surface area contributed by atoms with Gasteiger partial charge in [0.05, 0.1) is 12.5 Å². The number of rotatable bonds is 10. The maximum absolute atomic E-state index is 14.2. The lowest BCUT2D eigenvalue weighted by Gasteiger charge is -2.31. The monoisotopic (exact) mass is 526 g/mol. The molecule has 0 atom stereocenters. The Bertz CT molecular complexity index is 1330. The minimum absolute atomic E-state index is 0.0191. The first-order valence-electron chi connectivity index (χ1n) is 12.9. The van der Waals surface area contributed by atoms with E-state index < -0.39 is 5.92 Å². The van der Waals surface area contributed by atoms with Gasteiger partial charge in [0.15, 0.2) is 0 Å². The molecule has 194 valence electrons. The number of nitrogens with zero attached hydrogens (tertiary/aromatic N) is 2. The standard InChI is InChI=1S/C32H31FN2O2S/c1-23-18-19-38-29(23)21-34(20-24-12-14-27(33)15-13-24)30(36)22-35(28-16-17-28)32(37)31(25-8-4-2-5-9-25)26-10-6-3-7-11-26/h2-15,18-19,28,31H,16-17,20-22H2,1H3. The van der Waals surface area contributed by atoms with Gasteiger partial charge in [0.1, 0.15) is 12.4 Å². The molecule has 3 aromatic carbocycles. The Morgan fingerprint density at radius 2 is 1.47 bits per heavy atom. The summed E-state index contributed by atoms with van der Waals surface area (Å²) in [4.78, 5) is 32.7. The molecule has 5 rings (SSSR count). The van der Waals surface area contributed by atoms with Gasteiger partial charge in [0.2, 0.25) is 11.8 Å². The molecule has 0 radical (unpaired) electrons. The third-order valence-corrected chi connectivity index (χ3v) is 8.04. The second-order valence-electron chi connectivity index (χ2n) is 9.85. The van der Waals surface area contributed by atoms with Crippen LogP contribution in [0, 0.1) is 12.7 Å². The summed E-state index contributed by atoms with van der Waals surface area (Å²) in [5.41, 5.74) is 3.82. The van der Waals surface area contributed by atoms with E-state index in [1.807, 2.05) is 79.0 Å². The predicted octanol–water partition coefficient (Wildman–Crippen LogP) is 6.55. The van der Waals surface area contributed by atoms with Gasteiger partial charge in [-0.1, -0.05) is 72.8 Å². The van der Waals surface area contributed by atoms with E-state index in [-0.39, 0.29) is 30.2 Å². The van der Waals surface area contributed by atoms with Gasteiger partial charge >= 0.3 is 0 Å². The van der Waals surface area contributed by atoms with Crippen LogP contribution in [0.1, 0.15) is 45.9 Å². The molecule has 0 aliphatic heterocycles. The van der Waals surface area contributed by atoms with E-state index in [9.17, 15) is 14.0 Å². The van der Waals surface area contributed by atoms with E-state index >= 15 is 0 Å². The van der Waals surface area contributed by atoms with Crippen molar-refractivity contribution in [3.63, 3.8) is 0 Å². The number of hydrogen-bond acceptors (Lipinski definition) is 3. The van der Waals surface area contributed by atoms with Crippen LogP contribution in [0.2, 0.25) is 0 Å². The smallest absolute Gasteiger partial charge is 0.242 e. The van der Waals surface area contributed by atoms with E-state index in [1.165, 1.54) is 12.1 Å². The minimum atomic E-state index is -0.476. The molecular formula is C32H31FN2O2S. The summed E-state index contributed by atoms with van der Waals surface area (Å²) in [6.07, 6.45) is 1.80. The molecule has 1 aromatic heterocycles. The Balaban J connectivity index is 1.42. The van der Waals surface area contributed by atoms with Crippen LogP contribution in [0.3, 0.4) is 0 Å². The van der Waals surface area contributed by atoms with Crippen LogP contribution in [0.5, 0.6) is 0 Å². The average Bonchev–Trinajstić information content (AvgIpc) is 3.70. The molecule has 0 N–H and O–H groups in total. The zero-order valence-electron chi connectivity index (χ0n) is 21.4. The highest BCUT2D eigenvalue weighted by molar-refractivity contribution is 7.10. The molecule has 4 aromatic rings. The summed E-state index contributed by atoms with van der Waals surface area (Å²) in [5, 5.41) is 2.02. The molecule has 0 unspecified atom stereocenters. The van der Waals surface area contributed by atoms with Crippen molar-refractivity contribution in [2.75, 3.05) is 6.54 Å². The first-order valence-corrected chi connectivity index (χ1v) is 13.8. The summed E-state index contributed by atoms with van der Waals surface area (Å²) in [5.74, 6) is -0.940. The Hall–Kier alpha value is -3.77. The van der Waals surface area contributed by atoms with Crippen LogP contribution in [-0.4, -0.2) is 34.2 Å². The number of amides is 2. The van der Waals surface area contributed by atoms with Crippen molar-refractivity contribution in [1.82, 2.24) is 9.80 Å². The molecule has 1 fully saturated rings. The summed E-state index contributed by atoms with van der Waals surface area (Å²) in [6, 6.07) is 27.9. The molecule has 6 heteroatoms. The molecule has 0 saturated heterocycles. The van der Waals surface area contributed by atoms with E-state index in [1.54, 1.807) is 33.3 Å². The van der Waals surface area contributed by atoms with Crippen LogP contribution >= 0.6 is 11.3 Å². The quantitative estimate of drug-likeness (QED) is 0.235. The normalized spacial score (nSPS) is 12.9. The average molecular weight is 527 g/mol. The van der Waals surface area contributed by atoms with Gasteiger partial charge in [-0.05, 0) is 65.6 Å². The van der Waals surface area contributed by atoms with E-state index in [0.29, 0.717) is 13.1 Å². The van der Waals surface area contributed by atoms with Crippen molar-refractivity contribution in [2.24, 2.45) is 0 Å². The topological polar surface area (TPSA) is 40.6 Å². The first-order chi connectivity index (χ1) is 18.5. The van der Waals surface area contributed by atoms with Gasteiger partial charge in [-0.15, -0.1) is 11.3 Å². The number of halogens is 1. The van der Waals surface area contributed by atoms with Crippen LogP contribution in [0.25, 0.3) is 0 Å². The van der Waals surface area contributed by atoms with Crippen LogP contribution in [0.4, 0.5) is 4.39 Å². The highest BCUT2D eigenvalue weighted by Crippen LogP contribution is 2.33. The lowest BCUT2D eigenvalue weighted by atomic mass is 9.90. The lowest BCUT2D eigenvalue weighted by Crippen LogP contribution is -2.45. The molecule has 4 nitrogen and oxygen atoms in total. The van der Waals surface area contributed by atoms with Crippen molar-refractivity contribution in [2.45, 2.75) is 44.8 Å². The minimum Gasteiger partial charge on any atom is -0.332 e. The molecular weight excluding hydrogens is 495 g/mol. The fourth-order valence-electron chi connectivity index (χ4n) is 4.74. The van der Waals surface area contributed by atoms with Gasteiger partial charge < -0.3 is 9.80 Å². The van der Waals surface area contributed by atoms with Gasteiger partial charge in [0, 0.05) is 17.5 Å². The van der Waals surface area contributed by atoms with Crippen LogP contribution < -0.4 is 0 Å². The highest BCUT2D eigenvalue weighted by atomic mass is 32.1. The Morgan fingerprint density at radius 1 is 0.868 bits per heavy atom. The summed E-state index contributed by atoms with van der Waals surface area (Å²) in [7, 11) is 0. The lowest BCUT2D eigenvalue weighted by molar-refractivity contribution is -0.142. The Morgan fingerprint density at radius 3 is 2.00 bits per heavy atom. The van der Waals surface area contributed by atoms with Gasteiger partial charge in [-0.25, -0.2) is 4.39 Å². The Labute approximate surface area is 227 Å². The van der Waals surface area contributed by atoms with Crippen LogP contribution in [-0.2, 0) is 22.7 Å². The van der Waals surface area contributed by atoms with E-state index in [0.717, 1.165) is 40.0 Å². The third kappa shape index (κ3) is 6.20. The van der Waals surface area contributed by atoms with Gasteiger partial charge in [-0.3, -0.25) is 9.59 Å². The number of thiophene rings is 1. The first kappa shape index (κ1) is 25.9. The zero-order valence-corrected chi connectivity index (χ0v) is 22.2. The van der Waals surface area contributed by atoms with Gasteiger partial charge in [-0.2, -0.15) is 0 Å².